The van der Waals surface area contributed by atoms with Crippen LogP contribution in [0, 0.1) is 0 Å². The van der Waals surface area contributed by atoms with Gasteiger partial charge in [0.05, 0.1) is 17.6 Å². The van der Waals surface area contributed by atoms with Gasteiger partial charge in [0.25, 0.3) is 5.56 Å². The molecule has 0 fully saturated rings. The van der Waals surface area contributed by atoms with Crippen molar-refractivity contribution in [1.29, 1.82) is 0 Å². The number of hydrogen-bond acceptors (Lipinski definition) is 4. The van der Waals surface area contributed by atoms with Crippen molar-refractivity contribution < 1.29 is 9.90 Å². The molecule has 0 radical (unpaired) electrons. The first-order valence-corrected chi connectivity index (χ1v) is 6.81. The first-order chi connectivity index (χ1) is 10.6. The Morgan fingerprint density at radius 1 is 1.09 bits per heavy atom. The molecule has 0 unspecified atom stereocenters. The summed E-state index contributed by atoms with van der Waals surface area (Å²) in [6, 6.07) is 14.1. The molecule has 2 aromatic heterocycles. The Morgan fingerprint density at radius 3 is 2.73 bits per heavy atom. The number of rotatable bonds is 4. The van der Waals surface area contributed by atoms with Gasteiger partial charge in [-0.2, -0.15) is 9.78 Å². The van der Waals surface area contributed by atoms with Crippen LogP contribution in [0.5, 0.6) is 0 Å². The van der Waals surface area contributed by atoms with E-state index in [1.54, 1.807) is 12.1 Å². The van der Waals surface area contributed by atoms with Gasteiger partial charge in [0.1, 0.15) is 0 Å². The van der Waals surface area contributed by atoms with E-state index in [1.165, 1.54) is 10.7 Å². The summed E-state index contributed by atoms with van der Waals surface area (Å²) in [4.78, 5) is 27.0. The maximum atomic E-state index is 12.0. The fourth-order valence-corrected chi connectivity index (χ4v) is 2.15. The predicted molar refractivity (Wildman–Crippen MR) is 81.1 cm³/mol. The molecule has 6 heteroatoms. The quantitative estimate of drug-likeness (QED) is 0.793. The fourth-order valence-electron chi connectivity index (χ4n) is 2.15. The molecule has 3 rings (SSSR count). The average molecular weight is 295 g/mol. The number of carbonyl (C=O) groups is 1. The Balaban J connectivity index is 2.03. The first kappa shape index (κ1) is 13.9. The lowest BCUT2D eigenvalue weighted by Crippen LogP contribution is -2.22. The van der Waals surface area contributed by atoms with Gasteiger partial charge in [0.15, 0.2) is 5.82 Å². The summed E-state index contributed by atoms with van der Waals surface area (Å²) < 4.78 is 1.20. The van der Waals surface area contributed by atoms with Gasteiger partial charge in [0.2, 0.25) is 0 Å². The van der Waals surface area contributed by atoms with Gasteiger partial charge < -0.3 is 5.11 Å². The monoisotopic (exact) mass is 295 g/mol. The number of hydrogen-bond donors (Lipinski definition) is 1. The molecule has 3 aromatic rings. The van der Waals surface area contributed by atoms with Crippen molar-refractivity contribution in [2.45, 2.75) is 12.8 Å². The number of aliphatic carboxylic acids is 1. The zero-order valence-corrected chi connectivity index (χ0v) is 11.6. The molecule has 22 heavy (non-hydrogen) atoms. The van der Waals surface area contributed by atoms with Crippen LogP contribution in [0.1, 0.15) is 12.1 Å². The Labute approximate surface area is 125 Å². The number of aryl methyl sites for hydroxylation is 1. The number of nitrogens with zero attached hydrogens (tertiary/aromatic N) is 3. The van der Waals surface area contributed by atoms with E-state index in [0.717, 1.165) is 10.9 Å². The number of aromatic nitrogens is 3. The lowest BCUT2D eigenvalue weighted by Gasteiger charge is -2.06. The Morgan fingerprint density at radius 2 is 1.91 bits per heavy atom. The van der Waals surface area contributed by atoms with Crippen LogP contribution >= 0.6 is 0 Å². The molecule has 1 aromatic carbocycles. The molecule has 6 nitrogen and oxygen atoms in total. The maximum absolute atomic E-state index is 12.0. The van der Waals surface area contributed by atoms with E-state index in [-0.39, 0.29) is 18.4 Å². The van der Waals surface area contributed by atoms with Gasteiger partial charge in [-0.25, -0.2) is 4.98 Å². The van der Waals surface area contributed by atoms with Gasteiger partial charge >= 0.3 is 5.97 Å². The molecule has 0 amide bonds. The minimum Gasteiger partial charge on any atom is -0.481 e. The molecule has 2 heterocycles. The second-order valence-corrected chi connectivity index (χ2v) is 4.83. The van der Waals surface area contributed by atoms with Gasteiger partial charge in [-0.05, 0) is 24.3 Å². The minimum atomic E-state index is -0.900. The van der Waals surface area contributed by atoms with Crippen molar-refractivity contribution in [2.24, 2.45) is 0 Å². The van der Waals surface area contributed by atoms with E-state index in [1.807, 2.05) is 30.3 Å². The van der Waals surface area contributed by atoms with Crippen LogP contribution in [0.4, 0.5) is 0 Å². The molecule has 0 spiro atoms. The number of carboxylic acid groups (broad SMARTS) is 1. The van der Waals surface area contributed by atoms with Crippen molar-refractivity contribution in [2.75, 3.05) is 0 Å². The number of carboxylic acids is 1. The molecular formula is C16H13N3O3. The van der Waals surface area contributed by atoms with Crippen molar-refractivity contribution in [1.82, 2.24) is 14.8 Å². The smallest absolute Gasteiger partial charge is 0.303 e. The first-order valence-electron chi connectivity index (χ1n) is 6.81. The largest absolute Gasteiger partial charge is 0.481 e. The van der Waals surface area contributed by atoms with Crippen LogP contribution in [0.3, 0.4) is 0 Å². The number of pyridine rings is 1. The molecule has 0 aliphatic carbocycles. The predicted octanol–water partition coefficient (Wildman–Crippen LogP) is 1.80. The van der Waals surface area contributed by atoms with Crippen molar-refractivity contribution in [3.05, 3.63) is 64.6 Å². The van der Waals surface area contributed by atoms with E-state index in [2.05, 4.69) is 10.1 Å². The van der Waals surface area contributed by atoms with E-state index >= 15 is 0 Å². The Kier molecular flexibility index (Phi) is 3.65. The summed E-state index contributed by atoms with van der Waals surface area (Å²) in [6.07, 6.45) is 0.236. The van der Waals surface area contributed by atoms with Crippen LogP contribution in [-0.4, -0.2) is 25.8 Å². The lowest BCUT2D eigenvalue weighted by molar-refractivity contribution is -0.136. The molecule has 0 aliphatic rings. The van der Waals surface area contributed by atoms with E-state index in [0.29, 0.717) is 11.5 Å². The van der Waals surface area contributed by atoms with E-state index < -0.39 is 5.97 Å². The fraction of sp³-hybridized carbons (Fsp3) is 0.125. The molecular weight excluding hydrogens is 282 g/mol. The topological polar surface area (TPSA) is 85.1 Å². The van der Waals surface area contributed by atoms with Crippen molar-refractivity contribution in [3.63, 3.8) is 0 Å². The van der Waals surface area contributed by atoms with Crippen molar-refractivity contribution >= 4 is 16.9 Å². The lowest BCUT2D eigenvalue weighted by atomic mass is 10.2. The third kappa shape index (κ3) is 2.85. The second kappa shape index (κ2) is 5.77. The van der Waals surface area contributed by atoms with Gasteiger partial charge in [-0.1, -0.05) is 18.2 Å². The minimum absolute atomic E-state index is 0.0314. The summed E-state index contributed by atoms with van der Waals surface area (Å²) in [5.41, 5.74) is 1.00. The highest BCUT2D eigenvalue weighted by atomic mass is 16.4. The highest BCUT2D eigenvalue weighted by molar-refractivity contribution is 5.79. The van der Waals surface area contributed by atoms with E-state index in [4.69, 9.17) is 5.11 Å². The zero-order valence-electron chi connectivity index (χ0n) is 11.6. The molecule has 0 atom stereocenters. The summed E-state index contributed by atoms with van der Waals surface area (Å²) in [6.45, 7) is 0. The van der Waals surface area contributed by atoms with E-state index in [9.17, 15) is 9.59 Å². The number of fused-ring (bicyclic) bond motifs is 1. The van der Waals surface area contributed by atoms with Crippen LogP contribution in [0.2, 0.25) is 0 Å². The molecule has 1 N–H and O–H groups in total. The molecule has 0 saturated carbocycles. The molecule has 0 bridgehead atoms. The van der Waals surface area contributed by atoms with Crippen molar-refractivity contribution in [3.8, 4) is 5.82 Å². The van der Waals surface area contributed by atoms with Crippen LogP contribution in [-0.2, 0) is 11.2 Å². The zero-order chi connectivity index (χ0) is 15.5. The molecule has 0 saturated heterocycles. The Bertz CT molecular complexity index is 902. The third-order valence-corrected chi connectivity index (χ3v) is 3.25. The van der Waals surface area contributed by atoms with Crippen LogP contribution in [0.15, 0.2) is 53.3 Å². The SMILES string of the molecule is O=C(O)CCc1ccc(=O)n(-c2ccc3ccccc3n2)n1. The summed E-state index contributed by atoms with van der Waals surface area (Å²) in [5.74, 6) is -0.482. The average Bonchev–Trinajstić information content (AvgIpc) is 2.53. The van der Waals surface area contributed by atoms with Gasteiger partial charge in [-0.3, -0.25) is 9.59 Å². The van der Waals surface area contributed by atoms with Crippen LogP contribution in [0.25, 0.3) is 16.7 Å². The number of para-hydroxylation sites is 1. The standard InChI is InChI=1S/C16H13N3O3/c20-15-9-6-12(7-10-16(21)22)18-19(15)14-8-5-11-3-1-2-4-13(11)17-14/h1-6,8-9H,7,10H2,(H,21,22). The van der Waals surface area contributed by atoms with Gasteiger partial charge in [0, 0.05) is 17.9 Å². The molecule has 110 valence electrons. The Hall–Kier alpha value is -3.02. The highest BCUT2D eigenvalue weighted by Crippen LogP contribution is 2.13. The summed E-state index contributed by atoms with van der Waals surface area (Å²) >= 11 is 0. The summed E-state index contributed by atoms with van der Waals surface area (Å²) in [5, 5.41) is 13.9. The number of benzene rings is 1. The summed E-state index contributed by atoms with van der Waals surface area (Å²) in [7, 11) is 0. The second-order valence-electron chi connectivity index (χ2n) is 4.83. The van der Waals surface area contributed by atoms with Crippen LogP contribution < -0.4 is 5.56 Å². The highest BCUT2D eigenvalue weighted by Gasteiger charge is 2.07. The van der Waals surface area contributed by atoms with Gasteiger partial charge in [-0.15, -0.1) is 0 Å². The normalized spacial score (nSPS) is 10.7. The maximum Gasteiger partial charge on any atom is 0.303 e. The molecule has 0 aliphatic heterocycles. The third-order valence-electron chi connectivity index (χ3n) is 3.25.